The summed E-state index contributed by atoms with van der Waals surface area (Å²) in [6, 6.07) is 3.48. The molecule has 1 amide bonds. The zero-order chi connectivity index (χ0) is 14.2. The first-order valence-electron chi connectivity index (χ1n) is 5.85. The van der Waals surface area contributed by atoms with Gasteiger partial charge in [0.15, 0.2) is 0 Å². The molecule has 0 atom stereocenters. The average molecular weight is 271 g/mol. The average Bonchev–Trinajstić information content (AvgIpc) is 2.30. The van der Waals surface area contributed by atoms with Gasteiger partial charge in [0.1, 0.15) is 20.1 Å². The van der Waals surface area contributed by atoms with Gasteiger partial charge in [-0.15, -0.1) is 0 Å². The Morgan fingerprint density at radius 1 is 1.42 bits per heavy atom. The number of methoxy groups -OCH3 is 1. The number of rotatable bonds is 2. The molecule has 19 heavy (non-hydrogen) atoms. The van der Waals surface area contributed by atoms with Crippen molar-refractivity contribution in [3.8, 4) is 5.75 Å². The fourth-order valence-electron chi connectivity index (χ4n) is 2.31. The second kappa shape index (κ2) is 4.79. The van der Waals surface area contributed by atoms with Crippen molar-refractivity contribution in [2.24, 2.45) is 0 Å². The number of nitrogens with zero attached hydrogens (tertiary/aromatic N) is 1. The molecule has 0 radical (unpaired) electrons. The Hall–Kier alpha value is -1.66. The molecule has 0 saturated carbocycles. The maximum absolute atomic E-state index is 12.4. The van der Waals surface area contributed by atoms with Gasteiger partial charge in [-0.1, -0.05) is 11.5 Å². The molecule has 0 N–H and O–H groups in total. The Morgan fingerprint density at radius 3 is 2.68 bits per heavy atom. The van der Waals surface area contributed by atoms with Crippen molar-refractivity contribution in [1.29, 1.82) is 0 Å². The summed E-state index contributed by atoms with van der Waals surface area (Å²) in [6.45, 7) is -1.14. The van der Waals surface area contributed by atoms with E-state index in [1.165, 1.54) is 7.11 Å². The van der Waals surface area contributed by atoms with Gasteiger partial charge in [0, 0.05) is 6.54 Å². The number of fused-ring (bicyclic) bond motifs is 1. The van der Waals surface area contributed by atoms with Crippen LogP contribution < -0.4 is 10.2 Å². The maximum atomic E-state index is 12.4. The first-order chi connectivity index (χ1) is 8.81. The van der Waals surface area contributed by atoms with Crippen LogP contribution in [0.15, 0.2) is 12.1 Å². The summed E-state index contributed by atoms with van der Waals surface area (Å²) >= 11 is 0. The third-order valence-corrected chi connectivity index (χ3v) is 3.07. The molecule has 0 spiro atoms. The molecule has 0 aliphatic carbocycles. The molecule has 1 aliphatic rings. The third kappa shape index (κ3) is 2.85. The SMILES string of the molecule is Bc1cc2c(c(OC)c1)C(=O)N(CC(F)(F)F)CC2. The summed E-state index contributed by atoms with van der Waals surface area (Å²) in [5.41, 5.74) is 1.93. The Kier molecular flexibility index (Phi) is 3.47. The minimum Gasteiger partial charge on any atom is -0.496 e. The largest absolute Gasteiger partial charge is 0.496 e. The zero-order valence-corrected chi connectivity index (χ0v) is 10.7. The van der Waals surface area contributed by atoms with Crippen molar-refractivity contribution in [3.63, 3.8) is 0 Å². The summed E-state index contributed by atoms with van der Waals surface area (Å²) in [7, 11) is 3.26. The number of ether oxygens (including phenoxy) is 1. The van der Waals surface area contributed by atoms with Gasteiger partial charge in [-0.3, -0.25) is 4.79 Å². The molecule has 2 rings (SSSR count). The number of benzene rings is 1. The molecule has 0 fully saturated rings. The number of carbonyl (C=O) groups excluding carboxylic acids is 1. The smallest absolute Gasteiger partial charge is 0.406 e. The predicted molar refractivity (Wildman–Crippen MR) is 66.8 cm³/mol. The van der Waals surface area contributed by atoms with E-state index < -0.39 is 18.6 Å². The number of alkyl halides is 3. The van der Waals surface area contributed by atoms with E-state index in [0.29, 0.717) is 12.2 Å². The normalized spacial score (nSPS) is 15.4. The molecule has 0 aromatic heterocycles. The molecular weight excluding hydrogens is 258 g/mol. The van der Waals surface area contributed by atoms with Crippen LogP contribution in [0.1, 0.15) is 15.9 Å². The van der Waals surface area contributed by atoms with Gasteiger partial charge >= 0.3 is 6.18 Å². The van der Waals surface area contributed by atoms with Gasteiger partial charge in [-0.2, -0.15) is 13.2 Å². The molecule has 1 aliphatic heterocycles. The van der Waals surface area contributed by atoms with Gasteiger partial charge < -0.3 is 9.64 Å². The lowest BCUT2D eigenvalue weighted by Gasteiger charge is -2.30. The molecule has 1 heterocycles. The van der Waals surface area contributed by atoms with Gasteiger partial charge in [0.2, 0.25) is 0 Å². The monoisotopic (exact) mass is 271 g/mol. The standard InChI is InChI=1S/C12H13BF3NO2/c1-19-9-5-8(13)4-7-2-3-17(6-12(14,15)16)11(18)10(7)9/h4-5H,2-3,6,13H2,1H3. The number of amides is 1. The second-order valence-corrected chi connectivity index (χ2v) is 4.59. The lowest BCUT2D eigenvalue weighted by Crippen LogP contribution is -2.43. The topological polar surface area (TPSA) is 29.5 Å². The molecule has 3 nitrogen and oxygen atoms in total. The van der Waals surface area contributed by atoms with Crippen molar-refractivity contribution in [2.45, 2.75) is 12.6 Å². The Balaban J connectivity index is 2.37. The van der Waals surface area contributed by atoms with Crippen LogP contribution in [-0.2, 0) is 6.42 Å². The summed E-state index contributed by atoms with van der Waals surface area (Å²) in [4.78, 5) is 13.0. The van der Waals surface area contributed by atoms with Gasteiger partial charge in [0.25, 0.3) is 5.91 Å². The van der Waals surface area contributed by atoms with E-state index >= 15 is 0 Å². The van der Waals surface area contributed by atoms with Crippen LogP contribution in [0.2, 0.25) is 0 Å². The Labute approximate surface area is 109 Å². The van der Waals surface area contributed by atoms with Crippen LogP contribution in [0.5, 0.6) is 5.75 Å². The van der Waals surface area contributed by atoms with Crippen molar-refractivity contribution >= 4 is 19.2 Å². The zero-order valence-electron chi connectivity index (χ0n) is 10.7. The predicted octanol–water partition coefficient (Wildman–Crippen LogP) is 0.514. The third-order valence-electron chi connectivity index (χ3n) is 3.07. The van der Waals surface area contributed by atoms with Crippen LogP contribution in [0, 0.1) is 0 Å². The van der Waals surface area contributed by atoms with Gasteiger partial charge in [-0.25, -0.2) is 0 Å². The number of hydrogen-bond donors (Lipinski definition) is 0. The van der Waals surface area contributed by atoms with Crippen LogP contribution in [0.3, 0.4) is 0 Å². The van der Waals surface area contributed by atoms with Crippen molar-refractivity contribution in [3.05, 3.63) is 23.3 Å². The van der Waals surface area contributed by atoms with E-state index in [-0.39, 0.29) is 12.1 Å². The van der Waals surface area contributed by atoms with Crippen molar-refractivity contribution in [1.82, 2.24) is 4.90 Å². The highest BCUT2D eigenvalue weighted by atomic mass is 19.4. The van der Waals surface area contributed by atoms with Crippen molar-refractivity contribution < 1.29 is 22.7 Å². The lowest BCUT2D eigenvalue weighted by atomic mass is 9.88. The van der Waals surface area contributed by atoms with E-state index in [4.69, 9.17) is 4.74 Å². The highest BCUT2D eigenvalue weighted by Crippen LogP contribution is 2.29. The van der Waals surface area contributed by atoms with Gasteiger partial charge in [0.05, 0.1) is 12.7 Å². The molecule has 7 heteroatoms. The second-order valence-electron chi connectivity index (χ2n) is 4.59. The van der Waals surface area contributed by atoms with Crippen LogP contribution in [0.4, 0.5) is 13.2 Å². The van der Waals surface area contributed by atoms with E-state index in [9.17, 15) is 18.0 Å². The first-order valence-corrected chi connectivity index (χ1v) is 5.85. The molecule has 0 saturated heterocycles. The van der Waals surface area contributed by atoms with Crippen LogP contribution in [0.25, 0.3) is 0 Å². The Morgan fingerprint density at radius 2 is 2.11 bits per heavy atom. The lowest BCUT2D eigenvalue weighted by molar-refractivity contribution is -0.141. The maximum Gasteiger partial charge on any atom is 0.406 e. The minimum absolute atomic E-state index is 0.0813. The molecule has 0 bridgehead atoms. The highest BCUT2D eigenvalue weighted by molar-refractivity contribution is 6.32. The van der Waals surface area contributed by atoms with E-state index in [1.807, 2.05) is 13.9 Å². The molecule has 102 valence electrons. The van der Waals surface area contributed by atoms with Gasteiger partial charge in [-0.05, 0) is 18.1 Å². The summed E-state index contributed by atoms with van der Waals surface area (Å²) in [6.07, 6.45) is -3.97. The molecular formula is C12H13BF3NO2. The minimum atomic E-state index is -4.38. The van der Waals surface area contributed by atoms with E-state index in [0.717, 1.165) is 15.9 Å². The fourth-order valence-corrected chi connectivity index (χ4v) is 2.31. The fraction of sp³-hybridized carbons (Fsp3) is 0.417. The molecule has 1 aromatic rings. The van der Waals surface area contributed by atoms with E-state index in [2.05, 4.69) is 0 Å². The molecule has 1 aromatic carbocycles. The quantitative estimate of drug-likeness (QED) is 0.734. The van der Waals surface area contributed by atoms with E-state index in [1.54, 1.807) is 6.07 Å². The summed E-state index contributed by atoms with van der Waals surface area (Å²) in [5.74, 6) is -0.276. The molecule has 0 unspecified atom stereocenters. The van der Waals surface area contributed by atoms with Crippen LogP contribution >= 0.6 is 0 Å². The number of carbonyl (C=O) groups is 1. The summed E-state index contributed by atoms with van der Waals surface area (Å²) in [5, 5.41) is 0. The number of hydrogen-bond acceptors (Lipinski definition) is 2. The van der Waals surface area contributed by atoms with Crippen molar-refractivity contribution in [2.75, 3.05) is 20.2 Å². The Bertz CT molecular complexity index is 499. The first kappa shape index (κ1) is 13.8. The number of halogens is 3. The van der Waals surface area contributed by atoms with Crippen LogP contribution in [-0.4, -0.2) is 45.0 Å². The summed E-state index contributed by atoms with van der Waals surface area (Å²) < 4.78 is 42.3. The highest BCUT2D eigenvalue weighted by Gasteiger charge is 2.36.